The first-order valence-corrected chi connectivity index (χ1v) is 8.39. The highest BCUT2D eigenvalue weighted by atomic mass is 32.1. The summed E-state index contributed by atoms with van der Waals surface area (Å²) in [5.74, 6) is -0.688. The lowest BCUT2D eigenvalue weighted by Crippen LogP contribution is -2.52. The van der Waals surface area contributed by atoms with E-state index < -0.39 is 0 Å². The summed E-state index contributed by atoms with van der Waals surface area (Å²) >= 11 is 5.09. The highest BCUT2D eigenvalue weighted by Gasteiger charge is 2.35. The van der Waals surface area contributed by atoms with Crippen LogP contribution in [0.5, 0.6) is 0 Å². The molecule has 0 atom stereocenters. The van der Waals surface area contributed by atoms with Crippen molar-refractivity contribution in [1.82, 2.24) is 14.4 Å². The van der Waals surface area contributed by atoms with Crippen LogP contribution in [0.1, 0.15) is 43.7 Å². The Morgan fingerprint density at radius 3 is 2.30 bits per heavy atom. The van der Waals surface area contributed by atoms with Gasteiger partial charge in [0.1, 0.15) is 5.57 Å². The zero-order valence-corrected chi connectivity index (χ0v) is 14.3. The summed E-state index contributed by atoms with van der Waals surface area (Å²) in [5.41, 5.74) is 1.03. The SMILES string of the molecule is CN1C(=O)C(=Cc2ccn(C3CCCCC3)c2)C(=O)N(C)C1=S. The monoisotopic (exact) mass is 331 g/mol. The Kier molecular flexibility index (Phi) is 4.35. The number of nitrogens with zero attached hydrogens (tertiary/aromatic N) is 3. The Labute approximate surface area is 141 Å². The molecule has 1 saturated heterocycles. The molecule has 0 N–H and O–H groups in total. The zero-order chi connectivity index (χ0) is 16.6. The molecular formula is C17H21N3O2S. The van der Waals surface area contributed by atoms with Gasteiger partial charge in [0.2, 0.25) is 0 Å². The summed E-state index contributed by atoms with van der Waals surface area (Å²) in [6, 6.07) is 2.49. The third-order valence-corrected chi connectivity index (χ3v) is 5.24. The lowest BCUT2D eigenvalue weighted by molar-refractivity contribution is -0.132. The lowest BCUT2D eigenvalue weighted by atomic mass is 9.95. The van der Waals surface area contributed by atoms with E-state index in [2.05, 4.69) is 4.57 Å². The molecule has 2 fully saturated rings. The van der Waals surface area contributed by atoms with Crippen LogP contribution in [0, 0.1) is 0 Å². The first-order valence-electron chi connectivity index (χ1n) is 7.98. The summed E-state index contributed by atoms with van der Waals surface area (Å²) in [4.78, 5) is 27.3. The molecule has 122 valence electrons. The van der Waals surface area contributed by atoms with Gasteiger partial charge in [0.25, 0.3) is 11.8 Å². The molecule has 0 radical (unpaired) electrons. The predicted octanol–water partition coefficient (Wildman–Crippen LogP) is 2.59. The van der Waals surface area contributed by atoms with Crippen molar-refractivity contribution in [2.75, 3.05) is 14.1 Å². The smallest absolute Gasteiger partial charge is 0.265 e. The van der Waals surface area contributed by atoms with Crippen LogP contribution in [0.25, 0.3) is 6.08 Å². The van der Waals surface area contributed by atoms with E-state index in [4.69, 9.17) is 12.2 Å². The molecule has 2 heterocycles. The maximum Gasteiger partial charge on any atom is 0.265 e. The molecule has 0 aromatic carbocycles. The molecular weight excluding hydrogens is 310 g/mol. The van der Waals surface area contributed by atoms with Gasteiger partial charge in [0.15, 0.2) is 5.11 Å². The summed E-state index contributed by atoms with van der Waals surface area (Å²) in [6.45, 7) is 0. The van der Waals surface area contributed by atoms with Crippen LogP contribution in [0.3, 0.4) is 0 Å². The average molecular weight is 331 g/mol. The molecule has 23 heavy (non-hydrogen) atoms. The largest absolute Gasteiger partial charge is 0.351 e. The number of amides is 2. The van der Waals surface area contributed by atoms with Gasteiger partial charge in [-0.25, -0.2) is 0 Å². The molecule has 1 aliphatic carbocycles. The maximum absolute atomic E-state index is 12.3. The second-order valence-electron chi connectivity index (χ2n) is 6.25. The van der Waals surface area contributed by atoms with Gasteiger partial charge in [0.05, 0.1) is 0 Å². The molecule has 3 rings (SSSR count). The van der Waals surface area contributed by atoms with Crippen LogP contribution in [-0.2, 0) is 9.59 Å². The van der Waals surface area contributed by atoms with Crippen molar-refractivity contribution in [2.24, 2.45) is 0 Å². The number of carbonyl (C=O) groups is 2. The van der Waals surface area contributed by atoms with Gasteiger partial charge in [-0.15, -0.1) is 0 Å². The number of thiocarbonyl (C=S) groups is 1. The van der Waals surface area contributed by atoms with E-state index in [9.17, 15) is 9.59 Å². The van der Waals surface area contributed by atoms with Crippen LogP contribution in [0.15, 0.2) is 24.0 Å². The Morgan fingerprint density at radius 2 is 1.70 bits per heavy atom. The van der Waals surface area contributed by atoms with Crippen molar-refractivity contribution in [2.45, 2.75) is 38.1 Å². The van der Waals surface area contributed by atoms with Gasteiger partial charge in [0, 0.05) is 32.5 Å². The van der Waals surface area contributed by atoms with Gasteiger partial charge in [-0.3, -0.25) is 19.4 Å². The van der Waals surface area contributed by atoms with E-state index in [1.165, 1.54) is 41.9 Å². The van der Waals surface area contributed by atoms with Crippen LogP contribution in [0.4, 0.5) is 0 Å². The van der Waals surface area contributed by atoms with Crippen molar-refractivity contribution in [1.29, 1.82) is 0 Å². The first kappa shape index (κ1) is 15.9. The molecule has 0 bridgehead atoms. The maximum atomic E-state index is 12.3. The Bertz CT molecular complexity index is 660. The summed E-state index contributed by atoms with van der Waals surface area (Å²) < 4.78 is 2.21. The number of carbonyl (C=O) groups excluding carboxylic acids is 2. The molecule has 1 aliphatic heterocycles. The normalized spacial score (nSPS) is 20.4. The van der Waals surface area contributed by atoms with Gasteiger partial charge in [-0.2, -0.15) is 0 Å². The van der Waals surface area contributed by atoms with Crippen molar-refractivity contribution >= 4 is 35.2 Å². The second kappa shape index (κ2) is 6.28. The number of hydrogen-bond acceptors (Lipinski definition) is 3. The number of rotatable bonds is 2. The van der Waals surface area contributed by atoms with Crippen molar-refractivity contribution in [3.05, 3.63) is 29.6 Å². The highest BCUT2D eigenvalue weighted by molar-refractivity contribution is 7.80. The molecule has 6 heteroatoms. The second-order valence-corrected chi connectivity index (χ2v) is 6.62. The van der Waals surface area contributed by atoms with Gasteiger partial charge in [-0.05, 0) is 42.8 Å². The summed E-state index contributed by atoms with van der Waals surface area (Å²) in [6.07, 6.45) is 12.0. The van der Waals surface area contributed by atoms with E-state index in [0.717, 1.165) is 5.56 Å². The molecule has 2 amide bonds. The molecule has 1 saturated carbocycles. The van der Waals surface area contributed by atoms with Crippen LogP contribution < -0.4 is 0 Å². The van der Waals surface area contributed by atoms with E-state index >= 15 is 0 Å². The number of likely N-dealkylation sites (N-methyl/N-ethyl adjacent to an activating group) is 2. The Balaban J connectivity index is 1.85. The molecule has 1 aromatic heterocycles. The minimum absolute atomic E-state index is 0.157. The number of hydrogen-bond donors (Lipinski definition) is 0. The molecule has 2 aliphatic rings. The van der Waals surface area contributed by atoms with E-state index in [1.54, 1.807) is 20.2 Å². The van der Waals surface area contributed by atoms with Crippen molar-refractivity contribution in [3.8, 4) is 0 Å². The van der Waals surface area contributed by atoms with Crippen LogP contribution >= 0.6 is 12.2 Å². The van der Waals surface area contributed by atoms with Gasteiger partial charge >= 0.3 is 0 Å². The number of aromatic nitrogens is 1. The van der Waals surface area contributed by atoms with Gasteiger partial charge in [-0.1, -0.05) is 19.3 Å². The summed E-state index contributed by atoms with van der Waals surface area (Å²) in [7, 11) is 3.18. The van der Waals surface area contributed by atoms with Gasteiger partial charge < -0.3 is 4.57 Å². The molecule has 0 unspecified atom stereocenters. The van der Waals surface area contributed by atoms with Crippen molar-refractivity contribution in [3.63, 3.8) is 0 Å². The lowest BCUT2D eigenvalue weighted by Gasteiger charge is -2.31. The molecule has 5 nitrogen and oxygen atoms in total. The average Bonchev–Trinajstić information content (AvgIpc) is 3.05. The Morgan fingerprint density at radius 1 is 1.09 bits per heavy atom. The Hall–Kier alpha value is -1.95. The van der Waals surface area contributed by atoms with E-state index in [0.29, 0.717) is 6.04 Å². The fourth-order valence-corrected chi connectivity index (χ4v) is 3.43. The predicted molar refractivity (Wildman–Crippen MR) is 92.7 cm³/mol. The highest BCUT2D eigenvalue weighted by Crippen LogP contribution is 2.29. The zero-order valence-electron chi connectivity index (χ0n) is 13.5. The summed E-state index contributed by atoms with van der Waals surface area (Å²) in [5, 5.41) is 0.233. The first-order chi connectivity index (χ1) is 11.0. The minimum atomic E-state index is -0.344. The molecule has 0 spiro atoms. The molecule has 1 aromatic rings. The third kappa shape index (κ3) is 2.95. The minimum Gasteiger partial charge on any atom is -0.351 e. The third-order valence-electron chi connectivity index (χ3n) is 4.69. The fraction of sp³-hybridized carbons (Fsp3) is 0.471. The fourth-order valence-electron chi connectivity index (χ4n) is 3.26. The standard InChI is InChI=1S/C17H21N3O2S/c1-18-15(21)14(16(22)19(2)17(18)23)10-12-8-9-20(11-12)13-6-4-3-5-7-13/h8-11,13H,3-7H2,1-2H3. The van der Waals surface area contributed by atoms with Crippen molar-refractivity contribution < 1.29 is 9.59 Å². The van der Waals surface area contributed by atoms with E-state index in [-0.39, 0.29) is 22.5 Å². The quantitative estimate of drug-likeness (QED) is 0.475. The topological polar surface area (TPSA) is 45.6 Å². The van der Waals surface area contributed by atoms with Crippen LogP contribution in [0.2, 0.25) is 0 Å². The van der Waals surface area contributed by atoms with Crippen LogP contribution in [-0.4, -0.2) is 45.4 Å². The van der Waals surface area contributed by atoms with E-state index in [1.807, 2.05) is 18.5 Å².